The van der Waals surface area contributed by atoms with Gasteiger partial charge < -0.3 is 10.1 Å². The first-order chi connectivity index (χ1) is 10.6. The number of para-hydroxylation sites is 1. The molecule has 0 saturated heterocycles. The highest BCUT2D eigenvalue weighted by atomic mass is 19.1. The van der Waals surface area contributed by atoms with Gasteiger partial charge in [-0.2, -0.15) is 0 Å². The molecule has 0 atom stereocenters. The number of nitro benzene ring substituents is 1. The van der Waals surface area contributed by atoms with E-state index >= 15 is 0 Å². The number of nitro groups is 1. The highest BCUT2D eigenvalue weighted by Gasteiger charge is 2.14. The van der Waals surface area contributed by atoms with Gasteiger partial charge in [0.25, 0.3) is 5.69 Å². The number of azo groups is 1. The Morgan fingerprint density at radius 3 is 2.73 bits per heavy atom. The van der Waals surface area contributed by atoms with E-state index in [1.165, 1.54) is 36.4 Å². The minimum absolute atomic E-state index is 0.0587. The number of nitrogens with one attached hydrogen (secondary N) is 1. The molecule has 0 aliphatic heterocycles. The van der Waals surface area contributed by atoms with Crippen LogP contribution in [0.4, 0.5) is 21.5 Å². The smallest absolute Gasteiger partial charge is 0.296 e. The van der Waals surface area contributed by atoms with Gasteiger partial charge in [0.1, 0.15) is 5.82 Å². The Morgan fingerprint density at radius 2 is 1.95 bits per heavy atom. The van der Waals surface area contributed by atoms with Crippen LogP contribution in [-0.2, 0) is 0 Å². The molecule has 110 valence electrons. The molecule has 7 nitrogen and oxygen atoms in total. The monoisotopic (exact) mass is 300 g/mol. The lowest BCUT2D eigenvalue weighted by atomic mass is 10.2. The van der Waals surface area contributed by atoms with Crippen LogP contribution in [0, 0.1) is 15.9 Å². The van der Waals surface area contributed by atoms with Crippen LogP contribution in [0.2, 0.25) is 0 Å². The number of halogens is 1. The van der Waals surface area contributed by atoms with Gasteiger partial charge in [-0.1, -0.05) is 12.1 Å². The molecule has 0 aliphatic rings. The molecule has 0 spiro atoms. The Morgan fingerprint density at radius 1 is 1.18 bits per heavy atom. The summed E-state index contributed by atoms with van der Waals surface area (Å²) in [7, 11) is 0. The summed E-state index contributed by atoms with van der Waals surface area (Å²) in [5, 5.41) is 28.8. The largest absolute Gasteiger partial charge is 0.493 e. The van der Waals surface area contributed by atoms with Gasteiger partial charge in [0.05, 0.1) is 10.4 Å². The highest BCUT2D eigenvalue weighted by Crippen LogP contribution is 2.37. The molecule has 2 aromatic carbocycles. The van der Waals surface area contributed by atoms with Crippen LogP contribution >= 0.6 is 0 Å². The van der Waals surface area contributed by atoms with Crippen LogP contribution in [0.3, 0.4) is 0 Å². The lowest BCUT2D eigenvalue weighted by Gasteiger charge is -1.95. The van der Waals surface area contributed by atoms with Gasteiger partial charge in [-0.15, -0.1) is 10.2 Å². The molecule has 1 aromatic heterocycles. The summed E-state index contributed by atoms with van der Waals surface area (Å²) < 4.78 is 13.1. The first-order valence-corrected chi connectivity index (χ1v) is 6.21. The molecule has 3 rings (SSSR count). The van der Waals surface area contributed by atoms with Crippen molar-refractivity contribution in [1.82, 2.24) is 4.98 Å². The number of nitrogens with zero attached hydrogens (tertiary/aromatic N) is 3. The molecule has 1 heterocycles. The summed E-state index contributed by atoms with van der Waals surface area (Å²) in [6.45, 7) is 0. The average molecular weight is 300 g/mol. The van der Waals surface area contributed by atoms with Gasteiger partial charge in [-0.3, -0.25) is 10.1 Å². The molecule has 0 aliphatic carbocycles. The number of aromatic hydroxyl groups is 1. The van der Waals surface area contributed by atoms with E-state index in [9.17, 15) is 19.6 Å². The van der Waals surface area contributed by atoms with Crippen molar-refractivity contribution in [2.45, 2.75) is 0 Å². The molecule has 8 heteroatoms. The number of fused-ring (bicyclic) bond motifs is 1. The van der Waals surface area contributed by atoms with E-state index in [0.29, 0.717) is 10.9 Å². The molecule has 0 bridgehead atoms. The van der Waals surface area contributed by atoms with E-state index in [1.807, 2.05) is 0 Å². The number of hydrogen-bond donors (Lipinski definition) is 2. The van der Waals surface area contributed by atoms with Crippen molar-refractivity contribution in [3.8, 4) is 5.88 Å². The summed E-state index contributed by atoms with van der Waals surface area (Å²) in [6, 6.07) is 9.72. The number of aromatic amines is 1. The Bertz CT molecular complexity index is 904. The van der Waals surface area contributed by atoms with E-state index in [0.717, 1.165) is 0 Å². The maximum absolute atomic E-state index is 13.1. The Labute approximate surface area is 122 Å². The quantitative estimate of drug-likeness (QED) is 0.427. The predicted octanol–water partition coefficient (Wildman–Crippen LogP) is 4.34. The van der Waals surface area contributed by atoms with Gasteiger partial charge in [-0.05, 0) is 24.3 Å². The average Bonchev–Trinajstić information content (AvgIpc) is 2.79. The first kappa shape index (κ1) is 13.7. The van der Waals surface area contributed by atoms with Gasteiger partial charge in [0.15, 0.2) is 11.4 Å². The van der Waals surface area contributed by atoms with E-state index in [4.69, 9.17) is 0 Å². The van der Waals surface area contributed by atoms with Crippen molar-refractivity contribution < 1.29 is 14.4 Å². The van der Waals surface area contributed by atoms with Crippen molar-refractivity contribution in [2.24, 2.45) is 10.2 Å². The second-order valence-electron chi connectivity index (χ2n) is 4.46. The number of aromatic nitrogens is 1. The number of benzene rings is 2. The number of rotatable bonds is 3. The fourth-order valence-corrected chi connectivity index (χ4v) is 2.05. The summed E-state index contributed by atoms with van der Waals surface area (Å²) in [4.78, 5) is 12.9. The second kappa shape index (κ2) is 5.24. The van der Waals surface area contributed by atoms with Gasteiger partial charge in [0.2, 0.25) is 5.88 Å². The zero-order chi connectivity index (χ0) is 15.7. The van der Waals surface area contributed by atoms with E-state index in [2.05, 4.69) is 15.2 Å². The fraction of sp³-hybridized carbons (Fsp3) is 0. The normalized spacial score (nSPS) is 11.3. The molecule has 0 unspecified atom stereocenters. The lowest BCUT2D eigenvalue weighted by molar-refractivity contribution is -0.384. The van der Waals surface area contributed by atoms with Gasteiger partial charge in [0, 0.05) is 11.5 Å². The zero-order valence-corrected chi connectivity index (χ0v) is 11.0. The van der Waals surface area contributed by atoms with Crippen LogP contribution in [-0.4, -0.2) is 15.0 Å². The third-order valence-corrected chi connectivity index (χ3v) is 3.05. The Balaban J connectivity index is 2.07. The minimum Gasteiger partial charge on any atom is -0.493 e. The van der Waals surface area contributed by atoms with Crippen LogP contribution in [0.1, 0.15) is 0 Å². The summed E-state index contributed by atoms with van der Waals surface area (Å²) >= 11 is 0. The van der Waals surface area contributed by atoms with E-state index in [1.54, 1.807) is 6.07 Å². The van der Waals surface area contributed by atoms with Crippen LogP contribution in [0.25, 0.3) is 10.9 Å². The Kier molecular flexibility index (Phi) is 3.26. The third-order valence-electron chi connectivity index (χ3n) is 3.05. The van der Waals surface area contributed by atoms with Crippen molar-refractivity contribution in [3.05, 3.63) is 58.4 Å². The Hall–Kier alpha value is -3.29. The van der Waals surface area contributed by atoms with E-state index in [-0.39, 0.29) is 22.9 Å². The highest BCUT2D eigenvalue weighted by molar-refractivity contribution is 5.94. The molecule has 0 radical (unpaired) electrons. The molecule has 3 aromatic rings. The molecule has 0 fully saturated rings. The van der Waals surface area contributed by atoms with Crippen molar-refractivity contribution in [1.29, 1.82) is 0 Å². The van der Waals surface area contributed by atoms with Gasteiger partial charge in [-0.25, -0.2) is 4.39 Å². The van der Waals surface area contributed by atoms with Crippen LogP contribution in [0.5, 0.6) is 5.88 Å². The van der Waals surface area contributed by atoms with Crippen molar-refractivity contribution in [2.75, 3.05) is 0 Å². The van der Waals surface area contributed by atoms with Crippen molar-refractivity contribution in [3.63, 3.8) is 0 Å². The van der Waals surface area contributed by atoms with Gasteiger partial charge >= 0.3 is 0 Å². The first-order valence-electron chi connectivity index (χ1n) is 6.21. The maximum Gasteiger partial charge on any atom is 0.296 e. The standard InChI is InChI=1S/C14H9FN4O3/c15-8-5-6-9-11(7-8)16-14(20)13(9)18-17-10-3-1-2-4-12(10)19(21)22/h1-7,16,20H. The van der Waals surface area contributed by atoms with Crippen LogP contribution in [0.15, 0.2) is 52.7 Å². The summed E-state index contributed by atoms with van der Waals surface area (Å²) in [5.74, 6) is -0.751. The second-order valence-corrected chi connectivity index (χ2v) is 4.46. The number of hydrogen-bond acceptors (Lipinski definition) is 5. The molecular weight excluding hydrogens is 291 g/mol. The zero-order valence-electron chi connectivity index (χ0n) is 11.0. The summed E-state index contributed by atoms with van der Waals surface area (Å²) in [5.41, 5.74) is 0.308. The predicted molar refractivity (Wildman–Crippen MR) is 77.2 cm³/mol. The molecule has 0 amide bonds. The summed E-state index contributed by atoms with van der Waals surface area (Å²) in [6.07, 6.45) is 0. The molecular formula is C14H9FN4O3. The molecule has 0 saturated carbocycles. The molecule has 2 N–H and O–H groups in total. The molecule has 22 heavy (non-hydrogen) atoms. The number of H-pyrrole nitrogens is 1. The maximum atomic E-state index is 13.1. The van der Waals surface area contributed by atoms with Crippen molar-refractivity contribution >= 4 is 28.0 Å². The lowest BCUT2D eigenvalue weighted by Crippen LogP contribution is -1.86. The van der Waals surface area contributed by atoms with E-state index < -0.39 is 10.7 Å². The minimum atomic E-state index is -0.571. The SMILES string of the molecule is O=[N+]([O-])c1ccccc1N=Nc1c(O)[nH]c2cc(F)ccc12. The third kappa shape index (κ3) is 2.37. The fourth-order valence-electron chi connectivity index (χ4n) is 2.05. The van der Waals surface area contributed by atoms with Crippen LogP contribution < -0.4 is 0 Å². The topological polar surface area (TPSA) is 104 Å².